The summed E-state index contributed by atoms with van der Waals surface area (Å²) in [5.74, 6) is -0.769. The Morgan fingerprint density at radius 1 is 1.18 bits per heavy atom. The number of benzene rings is 2. The third-order valence-corrected chi connectivity index (χ3v) is 4.83. The van der Waals surface area contributed by atoms with Crippen LogP contribution in [0.25, 0.3) is 0 Å². The lowest BCUT2D eigenvalue weighted by Gasteiger charge is -2.11. The second-order valence-electron chi connectivity index (χ2n) is 6.13. The molecule has 3 rings (SSSR count). The number of urea groups is 1. The van der Waals surface area contributed by atoms with Gasteiger partial charge in [-0.15, -0.1) is 0 Å². The summed E-state index contributed by atoms with van der Waals surface area (Å²) in [6, 6.07) is 11.4. The van der Waals surface area contributed by atoms with Crippen molar-refractivity contribution in [2.45, 2.75) is 20.0 Å². The van der Waals surface area contributed by atoms with Crippen LogP contribution in [0.1, 0.15) is 28.4 Å². The van der Waals surface area contributed by atoms with Crippen molar-refractivity contribution in [1.82, 2.24) is 4.90 Å². The molecular formula is C20H17BrN2O5. The fraction of sp³-hybridized carbons (Fsp3) is 0.200. The summed E-state index contributed by atoms with van der Waals surface area (Å²) in [7, 11) is 0. The summed E-state index contributed by atoms with van der Waals surface area (Å²) < 4.78 is 6.44. The number of amides is 3. The molecule has 1 aliphatic heterocycles. The first-order valence-electron chi connectivity index (χ1n) is 8.56. The van der Waals surface area contributed by atoms with Crippen molar-refractivity contribution in [2.24, 2.45) is 4.99 Å². The first-order valence-corrected chi connectivity index (χ1v) is 9.35. The summed E-state index contributed by atoms with van der Waals surface area (Å²) in [4.78, 5) is 39.8. The predicted octanol–water partition coefficient (Wildman–Crippen LogP) is 3.69. The average Bonchev–Trinajstić information content (AvgIpc) is 2.94. The smallest absolute Gasteiger partial charge is 0.350 e. The number of carboxylic acids is 1. The molecule has 0 fully saturated rings. The van der Waals surface area contributed by atoms with Crippen LogP contribution in [0, 0.1) is 0 Å². The summed E-state index contributed by atoms with van der Waals surface area (Å²) in [5.41, 5.74) is 1.97. The monoisotopic (exact) mass is 444 g/mol. The first kappa shape index (κ1) is 19.8. The van der Waals surface area contributed by atoms with E-state index in [-0.39, 0.29) is 30.2 Å². The van der Waals surface area contributed by atoms with Gasteiger partial charge in [-0.05, 0) is 58.2 Å². The Kier molecular flexibility index (Phi) is 5.89. The summed E-state index contributed by atoms with van der Waals surface area (Å²) in [5, 5.41) is 9.05. The highest BCUT2D eigenvalue weighted by atomic mass is 79.9. The summed E-state index contributed by atoms with van der Waals surface area (Å²) in [6.07, 6.45) is 0.251. The minimum absolute atomic E-state index is 0.202. The molecule has 0 radical (unpaired) electrons. The molecule has 28 heavy (non-hydrogen) atoms. The maximum absolute atomic E-state index is 12.1. The molecule has 0 saturated heterocycles. The fourth-order valence-corrected chi connectivity index (χ4v) is 3.32. The fourth-order valence-electron chi connectivity index (χ4n) is 2.78. The number of hydrogen-bond donors (Lipinski definition) is 1. The molecule has 144 valence electrons. The van der Waals surface area contributed by atoms with E-state index in [1.54, 1.807) is 43.3 Å². The molecule has 1 heterocycles. The molecular weight excluding hydrogens is 428 g/mol. The number of ether oxygens (including phenoxy) is 1. The van der Waals surface area contributed by atoms with E-state index in [0.29, 0.717) is 16.8 Å². The molecule has 0 spiro atoms. The minimum Gasteiger partial charge on any atom is -0.488 e. The Hall–Kier alpha value is -3.00. The third-order valence-electron chi connectivity index (χ3n) is 4.21. The molecule has 1 aliphatic rings. The van der Waals surface area contributed by atoms with E-state index in [4.69, 9.17) is 9.84 Å². The Bertz CT molecular complexity index is 986. The van der Waals surface area contributed by atoms with Gasteiger partial charge in [0.1, 0.15) is 18.1 Å². The van der Waals surface area contributed by atoms with E-state index in [9.17, 15) is 14.4 Å². The van der Waals surface area contributed by atoms with Gasteiger partial charge in [0.15, 0.2) is 0 Å². The lowest BCUT2D eigenvalue weighted by molar-refractivity contribution is -0.120. The molecule has 7 nitrogen and oxygen atoms in total. The number of carbonyl (C=O) groups excluding carboxylic acids is 2. The van der Waals surface area contributed by atoms with E-state index < -0.39 is 12.0 Å². The highest BCUT2D eigenvalue weighted by molar-refractivity contribution is 9.10. The van der Waals surface area contributed by atoms with E-state index in [1.807, 2.05) is 0 Å². The van der Waals surface area contributed by atoms with Crippen LogP contribution in [0.2, 0.25) is 0 Å². The zero-order valence-electron chi connectivity index (χ0n) is 15.0. The van der Waals surface area contributed by atoms with Crippen molar-refractivity contribution in [1.29, 1.82) is 0 Å². The van der Waals surface area contributed by atoms with Gasteiger partial charge in [-0.3, -0.25) is 9.69 Å². The topological polar surface area (TPSA) is 96.3 Å². The molecule has 0 unspecified atom stereocenters. The maximum Gasteiger partial charge on any atom is 0.350 e. The molecule has 0 saturated carbocycles. The third kappa shape index (κ3) is 4.28. The predicted molar refractivity (Wildman–Crippen MR) is 106 cm³/mol. The van der Waals surface area contributed by atoms with Crippen LogP contribution in [0.4, 0.5) is 4.79 Å². The number of hydrogen-bond acceptors (Lipinski definition) is 4. The molecule has 3 amide bonds. The second kappa shape index (κ2) is 8.35. The maximum atomic E-state index is 12.1. The molecule has 0 bridgehead atoms. The van der Waals surface area contributed by atoms with Crippen LogP contribution >= 0.6 is 15.9 Å². The number of imide groups is 1. The zero-order chi connectivity index (χ0) is 20.3. The van der Waals surface area contributed by atoms with Gasteiger partial charge >= 0.3 is 12.0 Å². The van der Waals surface area contributed by atoms with Crippen molar-refractivity contribution in [2.75, 3.05) is 6.54 Å². The number of aliphatic imine (C=N–C) groups is 1. The van der Waals surface area contributed by atoms with Gasteiger partial charge in [0, 0.05) is 13.0 Å². The van der Waals surface area contributed by atoms with Gasteiger partial charge in [-0.1, -0.05) is 18.2 Å². The van der Waals surface area contributed by atoms with Crippen LogP contribution in [-0.4, -0.2) is 40.2 Å². The van der Waals surface area contributed by atoms with Gasteiger partial charge in [0.25, 0.3) is 5.91 Å². The number of aromatic carboxylic acids is 1. The molecule has 2 aromatic carbocycles. The molecule has 1 N–H and O–H groups in total. The first-order chi connectivity index (χ1) is 13.4. The lowest BCUT2D eigenvalue weighted by Crippen LogP contribution is -2.32. The second-order valence-corrected chi connectivity index (χ2v) is 6.98. The van der Waals surface area contributed by atoms with E-state index in [2.05, 4.69) is 20.9 Å². The van der Waals surface area contributed by atoms with Gasteiger partial charge in [-0.25, -0.2) is 9.59 Å². The SMILES string of the molecule is CCN1C(=O)N=C(Cc2ccc(OCc3cccc(C(=O)O)c3)c(Br)c2)C1=O. The normalized spacial score (nSPS) is 13.6. The number of carboxylic acid groups (broad SMARTS) is 1. The van der Waals surface area contributed by atoms with E-state index >= 15 is 0 Å². The standard InChI is InChI=1S/C20H17BrN2O5/c1-2-23-18(24)16(22-20(23)27)10-12-6-7-17(15(21)9-12)28-11-13-4-3-5-14(8-13)19(25)26/h3-9H,2,10-11H2,1H3,(H,25,26). The van der Waals surface area contributed by atoms with Crippen molar-refractivity contribution in [3.8, 4) is 5.75 Å². The van der Waals surface area contributed by atoms with Crippen molar-refractivity contribution < 1.29 is 24.2 Å². The number of halogens is 1. The number of rotatable bonds is 7. The Morgan fingerprint density at radius 2 is 1.96 bits per heavy atom. The van der Waals surface area contributed by atoms with E-state index in [0.717, 1.165) is 16.0 Å². The Labute approximate surface area is 169 Å². The quantitative estimate of drug-likeness (QED) is 0.702. The number of carbonyl (C=O) groups is 3. The molecule has 0 aliphatic carbocycles. The van der Waals surface area contributed by atoms with Crippen molar-refractivity contribution in [3.63, 3.8) is 0 Å². The van der Waals surface area contributed by atoms with Crippen LogP contribution in [0.5, 0.6) is 5.75 Å². The van der Waals surface area contributed by atoms with Crippen LogP contribution in [0.3, 0.4) is 0 Å². The number of nitrogens with zero attached hydrogens (tertiary/aromatic N) is 2. The molecule has 0 atom stereocenters. The average molecular weight is 445 g/mol. The van der Waals surface area contributed by atoms with Crippen LogP contribution < -0.4 is 4.74 Å². The lowest BCUT2D eigenvalue weighted by atomic mass is 10.1. The van der Waals surface area contributed by atoms with Gasteiger partial charge in [0.05, 0.1) is 10.0 Å². The van der Waals surface area contributed by atoms with Crippen molar-refractivity contribution >= 4 is 39.5 Å². The summed E-state index contributed by atoms with van der Waals surface area (Å²) >= 11 is 3.44. The Balaban J connectivity index is 1.67. The van der Waals surface area contributed by atoms with Gasteiger partial charge in [0.2, 0.25) is 0 Å². The summed E-state index contributed by atoms with van der Waals surface area (Å²) in [6.45, 7) is 2.23. The molecule has 8 heteroatoms. The zero-order valence-corrected chi connectivity index (χ0v) is 16.6. The van der Waals surface area contributed by atoms with E-state index in [1.165, 1.54) is 6.07 Å². The largest absolute Gasteiger partial charge is 0.488 e. The van der Waals surface area contributed by atoms with Gasteiger partial charge < -0.3 is 9.84 Å². The highest BCUT2D eigenvalue weighted by Gasteiger charge is 2.31. The molecule has 0 aromatic heterocycles. The van der Waals surface area contributed by atoms with Crippen LogP contribution in [0.15, 0.2) is 51.9 Å². The molecule has 2 aromatic rings. The minimum atomic E-state index is -0.989. The van der Waals surface area contributed by atoms with Crippen molar-refractivity contribution in [3.05, 3.63) is 63.6 Å². The van der Waals surface area contributed by atoms with Gasteiger partial charge in [-0.2, -0.15) is 4.99 Å². The highest BCUT2D eigenvalue weighted by Crippen LogP contribution is 2.27. The van der Waals surface area contributed by atoms with Crippen LogP contribution in [-0.2, 0) is 17.8 Å². The Morgan fingerprint density at radius 3 is 2.61 bits per heavy atom.